The number of hydrogen-bond donors (Lipinski definition) is 1. The van der Waals surface area contributed by atoms with Gasteiger partial charge >= 0.3 is 0 Å². The van der Waals surface area contributed by atoms with Gasteiger partial charge in [-0.3, -0.25) is 9.59 Å². The van der Waals surface area contributed by atoms with Crippen LogP contribution in [0.15, 0.2) is 22.2 Å². The number of allylic oxidation sites excluding steroid dienone is 1. The smallest absolute Gasteiger partial charge is 0.181 e. The molecule has 29 heavy (non-hydrogen) atoms. The first kappa shape index (κ1) is 19.2. The van der Waals surface area contributed by atoms with E-state index in [0.717, 1.165) is 38.5 Å². The largest absolute Gasteiger partial charge is 0.381 e. The SMILES string of the molecule is CC(=O)c1cc([C@]2(O)CC[C@H]3[C@@H]4CCC5=CC(=O)CC[C@]5(C)[C@H]4CC[C@@]32C)on1. The van der Waals surface area contributed by atoms with Crippen LogP contribution < -0.4 is 0 Å². The van der Waals surface area contributed by atoms with Crippen molar-refractivity contribution < 1.29 is 19.2 Å². The van der Waals surface area contributed by atoms with Crippen LogP contribution in [0.3, 0.4) is 0 Å². The molecule has 4 aliphatic carbocycles. The second-order valence-electron chi connectivity index (χ2n) is 10.5. The van der Waals surface area contributed by atoms with Crippen LogP contribution in [0.5, 0.6) is 0 Å². The van der Waals surface area contributed by atoms with Crippen molar-refractivity contribution in [3.8, 4) is 0 Å². The van der Waals surface area contributed by atoms with E-state index in [4.69, 9.17) is 4.52 Å². The highest BCUT2D eigenvalue weighted by molar-refractivity contribution is 5.92. The standard InChI is InChI=1S/C24H31NO4/c1-14(26)20-13-21(29-25-20)24(28)11-8-19-17-5-4-15-12-16(27)6-9-22(15,2)18(17)7-10-23(19,24)3/h12-13,17-19,28H,4-11H2,1-3H3/t17-,18+,19+,22+,23+,24-/m1/s1. The van der Waals surface area contributed by atoms with E-state index in [9.17, 15) is 14.7 Å². The molecule has 0 saturated heterocycles. The first-order valence-corrected chi connectivity index (χ1v) is 11.1. The van der Waals surface area contributed by atoms with E-state index >= 15 is 0 Å². The molecule has 156 valence electrons. The Hall–Kier alpha value is -1.75. The molecule has 0 aromatic carbocycles. The van der Waals surface area contributed by atoms with Gasteiger partial charge in [0.05, 0.1) is 0 Å². The van der Waals surface area contributed by atoms with Crippen molar-refractivity contribution in [1.82, 2.24) is 5.16 Å². The maximum Gasteiger partial charge on any atom is 0.181 e. The van der Waals surface area contributed by atoms with Crippen LogP contribution >= 0.6 is 0 Å². The summed E-state index contributed by atoms with van der Waals surface area (Å²) in [6, 6.07) is 1.65. The van der Waals surface area contributed by atoms with Crippen molar-refractivity contribution in [2.75, 3.05) is 0 Å². The molecule has 3 saturated carbocycles. The predicted octanol–water partition coefficient (Wildman–Crippen LogP) is 4.60. The lowest BCUT2D eigenvalue weighted by Gasteiger charge is -2.58. The quantitative estimate of drug-likeness (QED) is 0.738. The predicted molar refractivity (Wildman–Crippen MR) is 107 cm³/mol. The molecule has 0 amide bonds. The summed E-state index contributed by atoms with van der Waals surface area (Å²) in [5.74, 6) is 2.17. The van der Waals surface area contributed by atoms with E-state index in [0.29, 0.717) is 47.8 Å². The number of aromatic nitrogens is 1. The minimum atomic E-state index is -1.07. The van der Waals surface area contributed by atoms with E-state index in [1.807, 2.05) is 6.08 Å². The van der Waals surface area contributed by atoms with Gasteiger partial charge in [0, 0.05) is 24.8 Å². The number of rotatable bonds is 2. The van der Waals surface area contributed by atoms with Gasteiger partial charge in [-0.25, -0.2) is 0 Å². The Balaban J connectivity index is 1.49. The van der Waals surface area contributed by atoms with Crippen molar-refractivity contribution in [2.45, 2.75) is 77.7 Å². The Morgan fingerprint density at radius 3 is 2.62 bits per heavy atom. The first-order chi connectivity index (χ1) is 13.7. The summed E-state index contributed by atoms with van der Waals surface area (Å²) < 4.78 is 5.51. The average molecular weight is 398 g/mol. The zero-order chi connectivity index (χ0) is 20.6. The molecule has 3 fully saturated rings. The number of nitrogens with zero attached hydrogens (tertiary/aromatic N) is 1. The van der Waals surface area contributed by atoms with E-state index < -0.39 is 5.60 Å². The maximum atomic E-state index is 12.0. The topological polar surface area (TPSA) is 80.4 Å². The highest BCUT2D eigenvalue weighted by atomic mass is 16.5. The molecule has 5 nitrogen and oxygen atoms in total. The second-order valence-corrected chi connectivity index (χ2v) is 10.5. The van der Waals surface area contributed by atoms with Crippen LogP contribution in [-0.4, -0.2) is 21.8 Å². The van der Waals surface area contributed by atoms with Gasteiger partial charge in [-0.05, 0) is 74.2 Å². The summed E-state index contributed by atoms with van der Waals surface area (Å²) in [6.07, 6.45) is 9.31. The molecule has 5 heteroatoms. The van der Waals surface area contributed by atoms with Gasteiger partial charge in [-0.15, -0.1) is 0 Å². The van der Waals surface area contributed by atoms with Crippen molar-refractivity contribution >= 4 is 11.6 Å². The summed E-state index contributed by atoms with van der Waals surface area (Å²) in [5, 5.41) is 15.7. The number of Topliss-reactive ketones (excluding diaryl/α,β-unsaturated/α-hetero) is 1. The third-order valence-corrected chi connectivity index (χ3v) is 9.39. The van der Waals surface area contributed by atoms with Crippen LogP contribution in [0.4, 0.5) is 0 Å². The number of ketones is 2. The fraction of sp³-hybridized carbons (Fsp3) is 0.708. The number of carbonyl (C=O) groups is 2. The fourth-order valence-electron chi connectivity index (χ4n) is 7.62. The Morgan fingerprint density at radius 1 is 1.14 bits per heavy atom. The van der Waals surface area contributed by atoms with Crippen LogP contribution in [0, 0.1) is 28.6 Å². The molecule has 0 aliphatic heterocycles. The zero-order valence-electron chi connectivity index (χ0n) is 17.7. The average Bonchev–Trinajstić information content (AvgIpc) is 3.27. The van der Waals surface area contributed by atoms with Gasteiger partial charge in [-0.1, -0.05) is 24.6 Å². The summed E-state index contributed by atoms with van der Waals surface area (Å²) in [7, 11) is 0. The molecule has 5 rings (SSSR count). The molecule has 0 bridgehead atoms. The lowest BCUT2D eigenvalue weighted by atomic mass is 9.46. The lowest BCUT2D eigenvalue weighted by molar-refractivity contribution is -0.143. The molecule has 0 radical (unpaired) electrons. The summed E-state index contributed by atoms with van der Waals surface area (Å²) in [6.45, 7) is 6.06. The zero-order valence-corrected chi connectivity index (χ0v) is 17.7. The number of aliphatic hydroxyl groups is 1. The minimum absolute atomic E-state index is 0.132. The molecule has 1 aromatic heterocycles. The van der Waals surface area contributed by atoms with Crippen LogP contribution in [0.25, 0.3) is 0 Å². The molecule has 1 N–H and O–H groups in total. The Morgan fingerprint density at radius 2 is 1.90 bits per heavy atom. The van der Waals surface area contributed by atoms with E-state index in [1.54, 1.807) is 6.07 Å². The summed E-state index contributed by atoms with van der Waals surface area (Å²) in [4.78, 5) is 23.7. The van der Waals surface area contributed by atoms with Crippen LogP contribution in [-0.2, 0) is 10.4 Å². The maximum absolute atomic E-state index is 12.0. The number of hydrogen-bond acceptors (Lipinski definition) is 5. The molecule has 0 spiro atoms. The van der Waals surface area contributed by atoms with E-state index in [1.165, 1.54) is 12.5 Å². The van der Waals surface area contributed by atoms with Gasteiger partial charge in [0.25, 0.3) is 0 Å². The Bertz CT molecular complexity index is 916. The van der Waals surface area contributed by atoms with Gasteiger partial charge in [0.2, 0.25) is 0 Å². The van der Waals surface area contributed by atoms with Crippen molar-refractivity contribution in [2.24, 2.45) is 28.6 Å². The van der Waals surface area contributed by atoms with Crippen molar-refractivity contribution in [3.63, 3.8) is 0 Å². The van der Waals surface area contributed by atoms with Gasteiger partial charge in [-0.2, -0.15) is 0 Å². The van der Waals surface area contributed by atoms with Crippen molar-refractivity contribution in [3.05, 3.63) is 29.2 Å². The molecule has 4 aliphatic rings. The normalized spacial score (nSPS) is 43.9. The molecule has 6 atom stereocenters. The number of fused-ring (bicyclic) bond motifs is 5. The molecule has 0 unspecified atom stereocenters. The Labute approximate surface area is 171 Å². The van der Waals surface area contributed by atoms with Crippen LogP contribution in [0.1, 0.15) is 88.4 Å². The van der Waals surface area contributed by atoms with Gasteiger partial charge in [0.15, 0.2) is 17.3 Å². The highest BCUT2D eigenvalue weighted by Gasteiger charge is 2.65. The molecular formula is C24H31NO4. The third-order valence-electron chi connectivity index (χ3n) is 9.39. The highest BCUT2D eigenvalue weighted by Crippen LogP contribution is 2.69. The number of carbonyl (C=O) groups excluding carboxylic acids is 2. The monoisotopic (exact) mass is 397 g/mol. The summed E-state index contributed by atoms with van der Waals surface area (Å²) >= 11 is 0. The first-order valence-electron chi connectivity index (χ1n) is 11.1. The third kappa shape index (κ3) is 2.46. The minimum Gasteiger partial charge on any atom is -0.381 e. The molecule has 1 aromatic rings. The van der Waals surface area contributed by atoms with Crippen LogP contribution in [0.2, 0.25) is 0 Å². The molecule has 1 heterocycles. The molecular weight excluding hydrogens is 366 g/mol. The van der Waals surface area contributed by atoms with E-state index in [-0.39, 0.29) is 16.6 Å². The van der Waals surface area contributed by atoms with Gasteiger partial charge in [0.1, 0.15) is 11.3 Å². The fourth-order valence-corrected chi connectivity index (χ4v) is 7.62. The van der Waals surface area contributed by atoms with Crippen molar-refractivity contribution in [1.29, 1.82) is 0 Å². The lowest BCUT2D eigenvalue weighted by Crippen LogP contribution is -2.53. The van der Waals surface area contributed by atoms with E-state index in [2.05, 4.69) is 19.0 Å². The summed E-state index contributed by atoms with van der Waals surface area (Å²) in [5.41, 5.74) is 0.453. The van der Waals surface area contributed by atoms with Gasteiger partial charge < -0.3 is 9.63 Å². The second kappa shape index (κ2) is 6.13. The Kier molecular flexibility index (Phi) is 4.06.